The minimum Gasteiger partial charge on any atom is -0.207 e. The van der Waals surface area contributed by atoms with Crippen LogP contribution in [0.5, 0.6) is 0 Å². The maximum Gasteiger partial charge on any atom is 0.126 e. The molecule has 0 radical (unpaired) electrons. The summed E-state index contributed by atoms with van der Waals surface area (Å²) >= 11 is 0. The molecule has 0 aliphatic carbocycles. The van der Waals surface area contributed by atoms with Crippen molar-refractivity contribution in [2.24, 2.45) is 5.92 Å². The Morgan fingerprint density at radius 3 is 2.29 bits per heavy atom. The van der Waals surface area contributed by atoms with Crippen LogP contribution in [0.1, 0.15) is 50.3 Å². The van der Waals surface area contributed by atoms with Gasteiger partial charge in [-0.05, 0) is 47.9 Å². The van der Waals surface area contributed by atoms with Crippen LogP contribution in [-0.2, 0) is 6.42 Å². The summed E-state index contributed by atoms with van der Waals surface area (Å²) in [5.74, 6) is 0.593. The Kier molecular flexibility index (Phi) is 4.50. The van der Waals surface area contributed by atoms with Crippen molar-refractivity contribution in [1.82, 2.24) is 0 Å². The molecule has 0 fully saturated rings. The quantitative estimate of drug-likeness (QED) is 0.642. The predicted molar refractivity (Wildman–Crippen MR) is 72.9 cm³/mol. The summed E-state index contributed by atoms with van der Waals surface area (Å²) in [6.45, 7) is 14.4. The molecule has 1 rings (SSSR count). The van der Waals surface area contributed by atoms with Gasteiger partial charge in [-0.3, -0.25) is 0 Å². The van der Waals surface area contributed by atoms with Gasteiger partial charge in [0.2, 0.25) is 0 Å². The SMILES string of the molecule is C=C(Cc1cc(F)c(C(C)C)cc1C)C(C)C. The van der Waals surface area contributed by atoms with Crippen LogP contribution >= 0.6 is 0 Å². The third kappa shape index (κ3) is 3.42. The summed E-state index contributed by atoms with van der Waals surface area (Å²) in [6, 6.07) is 3.65. The van der Waals surface area contributed by atoms with Crippen molar-refractivity contribution < 1.29 is 4.39 Å². The second-order valence-corrected chi connectivity index (χ2v) is 5.44. The summed E-state index contributed by atoms with van der Waals surface area (Å²) in [6.07, 6.45) is 0.777. The van der Waals surface area contributed by atoms with Crippen LogP contribution in [0, 0.1) is 18.7 Å². The maximum absolute atomic E-state index is 13.9. The molecule has 0 bridgehead atoms. The second kappa shape index (κ2) is 5.48. The van der Waals surface area contributed by atoms with Crippen molar-refractivity contribution in [3.8, 4) is 0 Å². The van der Waals surface area contributed by atoms with Crippen LogP contribution < -0.4 is 0 Å². The maximum atomic E-state index is 13.9. The Morgan fingerprint density at radius 2 is 1.82 bits per heavy atom. The third-order valence-electron chi connectivity index (χ3n) is 3.31. The van der Waals surface area contributed by atoms with E-state index in [1.54, 1.807) is 6.07 Å². The minimum absolute atomic E-state index is 0.0860. The zero-order chi connectivity index (χ0) is 13.2. The molecule has 0 aliphatic heterocycles. The van der Waals surface area contributed by atoms with E-state index in [0.29, 0.717) is 5.92 Å². The Labute approximate surface area is 105 Å². The molecule has 0 unspecified atom stereocenters. The zero-order valence-corrected chi connectivity index (χ0v) is 11.6. The summed E-state index contributed by atoms with van der Waals surface area (Å²) < 4.78 is 13.9. The molecule has 0 heterocycles. The lowest BCUT2D eigenvalue weighted by Gasteiger charge is -2.15. The molecular formula is C16H23F. The van der Waals surface area contributed by atoms with Crippen molar-refractivity contribution in [3.05, 3.63) is 46.8 Å². The first-order valence-corrected chi connectivity index (χ1v) is 6.29. The fourth-order valence-electron chi connectivity index (χ4n) is 1.83. The zero-order valence-electron chi connectivity index (χ0n) is 11.6. The summed E-state index contributed by atoms with van der Waals surface area (Å²) in [4.78, 5) is 0. The molecule has 0 amide bonds. The first kappa shape index (κ1) is 14.0. The molecule has 0 aromatic heterocycles. The summed E-state index contributed by atoms with van der Waals surface area (Å²) in [7, 11) is 0. The lowest BCUT2D eigenvalue weighted by Crippen LogP contribution is -2.02. The van der Waals surface area contributed by atoms with E-state index in [9.17, 15) is 4.39 Å². The Bertz CT molecular complexity index is 414. The van der Waals surface area contributed by atoms with E-state index in [1.807, 2.05) is 26.8 Å². The summed E-state index contributed by atoms with van der Waals surface area (Å²) in [5, 5.41) is 0. The molecule has 0 atom stereocenters. The van der Waals surface area contributed by atoms with Crippen molar-refractivity contribution in [2.45, 2.75) is 47.0 Å². The Hall–Kier alpha value is -1.11. The number of hydrogen-bond acceptors (Lipinski definition) is 0. The molecule has 0 nitrogen and oxygen atoms in total. The van der Waals surface area contributed by atoms with E-state index >= 15 is 0 Å². The van der Waals surface area contributed by atoms with Gasteiger partial charge in [0.05, 0.1) is 0 Å². The van der Waals surface area contributed by atoms with Gasteiger partial charge in [-0.2, -0.15) is 0 Å². The Morgan fingerprint density at radius 1 is 1.24 bits per heavy atom. The average Bonchev–Trinajstić information content (AvgIpc) is 2.22. The number of halogens is 1. The van der Waals surface area contributed by atoms with E-state index < -0.39 is 0 Å². The van der Waals surface area contributed by atoms with Gasteiger partial charge in [-0.25, -0.2) is 4.39 Å². The lowest BCUT2D eigenvalue weighted by atomic mass is 9.91. The van der Waals surface area contributed by atoms with E-state index in [1.165, 1.54) is 0 Å². The highest BCUT2D eigenvalue weighted by Crippen LogP contribution is 2.25. The van der Waals surface area contributed by atoms with Crippen molar-refractivity contribution in [2.75, 3.05) is 0 Å². The van der Waals surface area contributed by atoms with Gasteiger partial charge in [-0.15, -0.1) is 0 Å². The number of allylic oxidation sites excluding steroid dienone is 1. The summed E-state index contributed by atoms with van der Waals surface area (Å²) in [5.41, 5.74) is 4.19. The van der Waals surface area contributed by atoms with Gasteiger partial charge in [0.1, 0.15) is 5.82 Å². The van der Waals surface area contributed by atoms with Gasteiger partial charge in [0.25, 0.3) is 0 Å². The molecule has 0 saturated carbocycles. The van der Waals surface area contributed by atoms with Crippen molar-refractivity contribution in [1.29, 1.82) is 0 Å². The lowest BCUT2D eigenvalue weighted by molar-refractivity contribution is 0.595. The minimum atomic E-state index is -0.0860. The predicted octanol–water partition coefficient (Wildman–Crippen LogP) is 5.01. The number of rotatable bonds is 4. The van der Waals surface area contributed by atoms with Crippen LogP contribution in [-0.4, -0.2) is 0 Å². The monoisotopic (exact) mass is 234 g/mol. The van der Waals surface area contributed by atoms with Gasteiger partial charge in [0.15, 0.2) is 0 Å². The van der Waals surface area contributed by atoms with Gasteiger partial charge in [-0.1, -0.05) is 45.9 Å². The van der Waals surface area contributed by atoms with Gasteiger partial charge >= 0.3 is 0 Å². The van der Waals surface area contributed by atoms with E-state index in [0.717, 1.165) is 28.7 Å². The standard InChI is InChI=1S/C16H23F/c1-10(2)12(5)7-14-9-16(17)15(11(3)4)8-13(14)6/h8-11H,5,7H2,1-4,6H3. The van der Waals surface area contributed by atoms with Crippen LogP contribution in [0.2, 0.25) is 0 Å². The third-order valence-corrected chi connectivity index (χ3v) is 3.31. The second-order valence-electron chi connectivity index (χ2n) is 5.44. The molecule has 0 saturated heterocycles. The average molecular weight is 234 g/mol. The van der Waals surface area contributed by atoms with Crippen LogP contribution in [0.3, 0.4) is 0 Å². The van der Waals surface area contributed by atoms with Crippen molar-refractivity contribution in [3.63, 3.8) is 0 Å². The fourth-order valence-corrected chi connectivity index (χ4v) is 1.83. The molecular weight excluding hydrogens is 211 g/mol. The molecule has 0 N–H and O–H groups in total. The molecule has 1 aromatic carbocycles. The molecule has 0 aliphatic rings. The largest absolute Gasteiger partial charge is 0.207 e. The van der Waals surface area contributed by atoms with Crippen LogP contribution in [0.15, 0.2) is 24.3 Å². The number of benzene rings is 1. The van der Waals surface area contributed by atoms with E-state index in [2.05, 4.69) is 20.4 Å². The molecule has 0 spiro atoms. The smallest absolute Gasteiger partial charge is 0.126 e. The number of hydrogen-bond donors (Lipinski definition) is 0. The molecule has 1 aromatic rings. The van der Waals surface area contributed by atoms with E-state index in [-0.39, 0.29) is 11.7 Å². The molecule has 1 heteroatoms. The van der Waals surface area contributed by atoms with Gasteiger partial charge < -0.3 is 0 Å². The normalized spacial score (nSPS) is 11.3. The highest BCUT2D eigenvalue weighted by Gasteiger charge is 2.11. The van der Waals surface area contributed by atoms with Crippen LogP contribution in [0.25, 0.3) is 0 Å². The van der Waals surface area contributed by atoms with Crippen LogP contribution in [0.4, 0.5) is 4.39 Å². The van der Waals surface area contributed by atoms with Gasteiger partial charge in [0, 0.05) is 0 Å². The first-order chi connectivity index (χ1) is 7.82. The fraction of sp³-hybridized carbons (Fsp3) is 0.500. The first-order valence-electron chi connectivity index (χ1n) is 6.29. The molecule has 17 heavy (non-hydrogen) atoms. The van der Waals surface area contributed by atoms with E-state index in [4.69, 9.17) is 0 Å². The molecule has 94 valence electrons. The highest BCUT2D eigenvalue weighted by atomic mass is 19.1. The highest BCUT2D eigenvalue weighted by molar-refractivity contribution is 5.36. The van der Waals surface area contributed by atoms with Crippen molar-refractivity contribution >= 4 is 0 Å². The topological polar surface area (TPSA) is 0 Å². The Balaban J connectivity index is 3.04. The number of aryl methyl sites for hydroxylation is 1.